The maximum atomic E-state index is 12.7. The lowest BCUT2D eigenvalue weighted by Crippen LogP contribution is -2.40. The largest absolute Gasteiger partial charge is 0.329 e. The van der Waals surface area contributed by atoms with Gasteiger partial charge in [0.1, 0.15) is 0 Å². The summed E-state index contributed by atoms with van der Waals surface area (Å²) >= 11 is 0. The lowest BCUT2D eigenvalue weighted by atomic mass is 10.0. The van der Waals surface area contributed by atoms with E-state index < -0.39 is 6.43 Å². The Bertz CT molecular complexity index is 392. The zero-order valence-electron chi connectivity index (χ0n) is 13.4. The van der Waals surface area contributed by atoms with Crippen LogP contribution in [0.4, 0.5) is 8.78 Å². The van der Waals surface area contributed by atoms with Crippen LogP contribution in [-0.4, -0.2) is 24.0 Å². The summed E-state index contributed by atoms with van der Waals surface area (Å²) in [6.07, 6.45) is 0.890. The molecule has 21 heavy (non-hydrogen) atoms. The molecule has 2 atom stereocenters. The molecule has 2 unspecified atom stereocenters. The smallest absolute Gasteiger partial charge is 0.263 e. The van der Waals surface area contributed by atoms with E-state index in [1.54, 1.807) is 12.1 Å². The Balaban J connectivity index is 2.95. The Hall–Kier alpha value is -1.00. The number of rotatable bonds is 9. The van der Waals surface area contributed by atoms with Gasteiger partial charge in [0, 0.05) is 24.2 Å². The molecule has 0 aliphatic heterocycles. The van der Waals surface area contributed by atoms with Gasteiger partial charge in [-0.1, -0.05) is 44.5 Å². The number of alkyl halides is 2. The second-order valence-electron chi connectivity index (χ2n) is 5.57. The average Bonchev–Trinajstić information content (AvgIpc) is 2.50. The molecule has 0 aliphatic rings. The number of nitrogens with zero attached hydrogens (tertiary/aromatic N) is 1. The lowest BCUT2D eigenvalue weighted by Gasteiger charge is -2.36. The Labute approximate surface area is 127 Å². The van der Waals surface area contributed by atoms with Crippen molar-refractivity contribution in [2.75, 3.05) is 13.1 Å². The summed E-state index contributed by atoms with van der Waals surface area (Å²) in [6, 6.07) is 7.13. The van der Waals surface area contributed by atoms with Crippen LogP contribution in [0.5, 0.6) is 0 Å². The molecule has 2 N–H and O–H groups in total. The predicted molar refractivity (Wildman–Crippen MR) is 84.6 cm³/mol. The minimum atomic E-state index is -2.42. The van der Waals surface area contributed by atoms with Crippen LogP contribution in [0.3, 0.4) is 0 Å². The van der Waals surface area contributed by atoms with Gasteiger partial charge in [-0.15, -0.1) is 0 Å². The lowest BCUT2D eigenvalue weighted by molar-refractivity contribution is 0.140. The first-order valence-electron chi connectivity index (χ1n) is 7.88. The SMILES string of the molecule is CCCCN(C(C)CC)C(CN)c1ccc(C(F)F)cc1. The van der Waals surface area contributed by atoms with Crippen molar-refractivity contribution in [2.45, 2.75) is 58.5 Å². The van der Waals surface area contributed by atoms with E-state index in [-0.39, 0.29) is 11.6 Å². The molecule has 0 saturated carbocycles. The van der Waals surface area contributed by atoms with Crippen molar-refractivity contribution in [3.63, 3.8) is 0 Å². The Kier molecular flexibility index (Phi) is 7.83. The quantitative estimate of drug-likeness (QED) is 0.726. The number of nitrogens with two attached hydrogens (primary N) is 1. The van der Waals surface area contributed by atoms with Crippen LogP contribution < -0.4 is 5.73 Å². The van der Waals surface area contributed by atoms with Crippen LogP contribution in [0.2, 0.25) is 0 Å². The van der Waals surface area contributed by atoms with Crippen molar-refractivity contribution in [2.24, 2.45) is 5.73 Å². The molecule has 0 fully saturated rings. The highest BCUT2D eigenvalue weighted by atomic mass is 19.3. The van der Waals surface area contributed by atoms with Gasteiger partial charge in [0.15, 0.2) is 0 Å². The molecule has 1 aromatic carbocycles. The second-order valence-corrected chi connectivity index (χ2v) is 5.57. The first kappa shape index (κ1) is 18.1. The van der Waals surface area contributed by atoms with E-state index in [9.17, 15) is 8.78 Å². The summed E-state index contributed by atoms with van der Waals surface area (Å²) in [5, 5.41) is 0. The minimum Gasteiger partial charge on any atom is -0.329 e. The van der Waals surface area contributed by atoms with Gasteiger partial charge in [-0.3, -0.25) is 4.90 Å². The van der Waals surface area contributed by atoms with Crippen molar-refractivity contribution in [3.8, 4) is 0 Å². The van der Waals surface area contributed by atoms with Gasteiger partial charge in [-0.25, -0.2) is 8.78 Å². The first-order valence-corrected chi connectivity index (χ1v) is 7.88. The molecule has 0 saturated heterocycles. The Morgan fingerprint density at radius 1 is 1.10 bits per heavy atom. The maximum Gasteiger partial charge on any atom is 0.263 e. The van der Waals surface area contributed by atoms with Crippen molar-refractivity contribution >= 4 is 0 Å². The number of benzene rings is 1. The normalized spacial score (nSPS) is 14.7. The molecule has 0 spiro atoms. The van der Waals surface area contributed by atoms with E-state index in [1.165, 1.54) is 12.1 Å². The molecule has 0 bridgehead atoms. The monoisotopic (exact) mass is 298 g/mol. The third kappa shape index (κ3) is 5.04. The molecule has 1 rings (SSSR count). The van der Waals surface area contributed by atoms with Crippen LogP contribution in [0.15, 0.2) is 24.3 Å². The number of unbranched alkanes of at least 4 members (excludes halogenated alkanes) is 1. The molecule has 1 aromatic rings. The van der Waals surface area contributed by atoms with Crippen molar-refractivity contribution < 1.29 is 8.78 Å². The van der Waals surface area contributed by atoms with Gasteiger partial charge >= 0.3 is 0 Å². The van der Waals surface area contributed by atoms with E-state index in [2.05, 4.69) is 25.7 Å². The van der Waals surface area contributed by atoms with Crippen molar-refractivity contribution in [3.05, 3.63) is 35.4 Å². The van der Waals surface area contributed by atoms with Gasteiger partial charge in [0.05, 0.1) is 0 Å². The first-order chi connectivity index (χ1) is 10.0. The zero-order chi connectivity index (χ0) is 15.8. The van der Waals surface area contributed by atoms with Crippen LogP contribution in [0, 0.1) is 0 Å². The molecule has 0 aliphatic carbocycles. The molecule has 0 amide bonds. The van der Waals surface area contributed by atoms with Crippen molar-refractivity contribution in [1.29, 1.82) is 0 Å². The van der Waals surface area contributed by atoms with E-state index in [0.29, 0.717) is 12.6 Å². The second kappa shape index (κ2) is 9.11. The highest BCUT2D eigenvalue weighted by molar-refractivity contribution is 5.26. The van der Waals surface area contributed by atoms with E-state index in [4.69, 9.17) is 5.73 Å². The highest BCUT2D eigenvalue weighted by Gasteiger charge is 2.22. The van der Waals surface area contributed by atoms with Crippen LogP contribution in [0.25, 0.3) is 0 Å². The summed E-state index contributed by atoms with van der Waals surface area (Å²) in [5.74, 6) is 0. The molecule has 2 nitrogen and oxygen atoms in total. The third-order valence-electron chi connectivity index (χ3n) is 4.12. The van der Waals surface area contributed by atoms with E-state index in [1.807, 2.05) is 0 Å². The molecule has 0 aromatic heterocycles. The number of hydrogen-bond acceptors (Lipinski definition) is 2. The van der Waals surface area contributed by atoms with Gasteiger partial charge in [0.2, 0.25) is 0 Å². The molecular weight excluding hydrogens is 270 g/mol. The van der Waals surface area contributed by atoms with Crippen LogP contribution in [-0.2, 0) is 0 Å². The Morgan fingerprint density at radius 3 is 2.10 bits per heavy atom. The van der Waals surface area contributed by atoms with Gasteiger partial charge in [-0.05, 0) is 31.9 Å². The number of halogens is 2. The fraction of sp³-hybridized carbons (Fsp3) is 0.647. The zero-order valence-corrected chi connectivity index (χ0v) is 13.4. The summed E-state index contributed by atoms with van der Waals surface area (Å²) in [5.41, 5.74) is 7.07. The van der Waals surface area contributed by atoms with Crippen LogP contribution >= 0.6 is 0 Å². The maximum absolute atomic E-state index is 12.7. The molecular formula is C17H28F2N2. The molecule has 120 valence electrons. The number of hydrogen-bond donors (Lipinski definition) is 1. The van der Waals surface area contributed by atoms with E-state index in [0.717, 1.165) is 31.4 Å². The van der Waals surface area contributed by atoms with Gasteiger partial charge in [-0.2, -0.15) is 0 Å². The summed E-state index contributed by atoms with van der Waals surface area (Å²) < 4.78 is 25.3. The fourth-order valence-electron chi connectivity index (χ4n) is 2.59. The third-order valence-corrected chi connectivity index (χ3v) is 4.12. The average molecular weight is 298 g/mol. The standard InChI is InChI=1S/C17H28F2N2/c1-4-6-11-21(13(3)5-2)16(12-20)14-7-9-15(10-8-14)17(18)19/h7-10,13,16-17H,4-6,11-12,20H2,1-3H3. The molecule has 4 heteroatoms. The van der Waals surface area contributed by atoms with Gasteiger partial charge in [0.25, 0.3) is 6.43 Å². The highest BCUT2D eigenvalue weighted by Crippen LogP contribution is 2.26. The minimum absolute atomic E-state index is 0.0677. The summed E-state index contributed by atoms with van der Waals surface area (Å²) in [6.45, 7) is 8.03. The Morgan fingerprint density at radius 2 is 1.67 bits per heavy atom. The topological polar surface area (TPSA) is 29.3 Å². The fourth-order valence-corrected chi connectivity index (χ4v) is 2.59. The van der Waals surface area contributed by atoms with E-state index >= 15 is 0 Å². The van der Waals surface area contributed by atoms with Crippen molar-refractivity contribution in [1.82, 2.24) is 4.90 Å². The molecule has 0 heterocycles. The van der Waals surface area contributed by atoms with Crippen LogP contribution in [0.1, 0.15) is 63.6 Å². The summed E-state index contributed by atoms with van der Waals surface area (Å²) in [4.78, 5) is 2.40. The van der Waals surface area contributed by atoms with Gasteiger partial charge < -0.3 is 5.73 Å². The predicted octanol–water partition coefficient (Wildman–Crippen LogP) is 4.52. The summed E-state index contributed by atoms with van der Waals surface area (Å²) in [7, 11) is 0. The molecule has 0 radical (unpaired) electrons.